The number of hydrogen-bond acceptors (Lipinski definition) is 25. The second kappa shape index (κ2) is 36.5. The van der Waals surface area contributed by atoms with E-state index in [-0.39, 0.29) is 102 Å². The maximum Gasteiger partial charge on any atom is 0.231 e. The number of carbonyl (C=O) groups is 7. The zero-order valence-electron chi connectivity index (χ0n) is 75.2. The second-order valence-corrected chi connectivity index (χ2v) is 36.1. The number of aryl methyl sites for hydroxylation is 2. The zero-order chi connectivity index (χ0) is 96.5. The summed E-state index contributed by atoms with van der Waals surface area (Å²) >= 11 is 0. The Morgan fingerprint density at radius 2 is 0.708 bits per heavy atom. The van der Waals surface area contributed by atoms with Crippen molar-refractivity contribution in [2.45, 2.75) is 117 Å². The van der Waals surface area contributed by atoms with Crippen LogP contribution in [0.1, 0.15) is 88.3 Å². The Bertz CT molecular complexity index is 7130. The summed E-state index contributed by atoms with van der Waals surface area (Å²) in [5.74, 6) is 1.01. The van der Waals surface area contributed by atoms with Crippen LogP contribution in [0.2, 0.25) is 0 Å². The molecule has 34 heteroatoms. The van der Waals surface area contributed by atoms with Crippen LogP contribution in [-0.4, -0.2) is 90.7 Å². The van der Waals surface area contributed by atoms with Gasteiger partial charge in [-0.3, -0.25) is 33.6 Å². The van der Waals surface area contributed by atoms with Gasteiger partial charge in [0.25, 0.3) is 0 Å². The molecule has 5 aliphatic carbocycles. The first kappa shape index (κ1) is 90.5. The summed E-state index contributed by atoms with van der Waals surface area (Å²) in [5, 5.41) is 54.7. The number of amides is 7. The fraction of sp³-hybridized carbons (Fsp3) is 0.252. The average Bonchev–Trinajstić information content (AvgIpc) is 1.50. The summed E-state index contributed by atoms with van der Waals surface area (Å²) < 4.78 is 37.3. The van der Waals surface area contributed by atoms with E-state index in [0.29, 0.717) is 101 Å². The van der Waals surface area contributed by atoms with E-state index in [2.05, 4.69) is 93.5 Å². The van der Waals surface area contributed by atoms with Gasteiger partial charge in [0.1, 0.15) is 41.4 Å². The Hall–Kier alpha value is -17.1. The number of benzene rings is 8. The number of rotatable bonds is 15. The Kier molecular flexibility index (Phi) is 24.1. The number of halogens is 2. The molecule has 0 bridgehead atoms. The van der Waals surface area contributed by atoms with Crippen LogP contribution in [0.3, 0.4) is 0 Å². The third-order valence-corrected chi connectivity index (χ3v) is 26.1. The molecule has 8 aromatic carbocycles. The van der Waals surface area contributed by atoms with Crippen molar-refractivity contribution in [2.75, 3.05) is 81.4 Å². The lowest BCUT2D eigenvalue weighted by atomic mass is 9.96. The number of aromatic nitrogens is 5. The summed E-state index contributed by atoms with van der Waals surface area (Å²) in [7, 11) is 0. The minimum Gasteiger partial charge on any atom is -0.439 e. The molecule has 5 aromatic heterocycles. The van der Waals surface area contributed by atoms with Crippen molar-refractivity contribution in [3.8, 4) is 63.1 Å². The van der Waals surface area contributed by atoms with Crippen molar-refractivity contribution in [3.63, 3.8) is 0 Å². The molecule has 13 aromatic rings. The van der Waals surface area contributed by atoms with E-state index in [9.17, 15) is 42.3 Å². The van der Waals surface area contributed by atoms with Gasteiger partial charge in [0.2, 0.25) is 41.4 Å². The van der Waals surface area contributed by atoms with E-state index in [1.807, 2.05) is 126 Å². The van der Waals surface area contributed by atoms with E-state index < -0.39 is 24.2 Å². The zero-order valence-corrected chi connectivity index (χ0v) is 75.2. The molecule has 137 heavy (non-hydrogen) atoms. The highest BCUT2D eigenvalue weighted by atomic mass is 19.1. The number of nitrogens with two attached hydrogens (primary N) is 6. The van der Waals surface area contributed by atoms with Crippen molar-refractivity contribution in [3.05, 3.63) is 206 Å². The first-order chi connectivity index (χ1) is 65.7. The van der Waals surface area contributed by atoms with Crippen molar-refractivity contribution in [2.24, 2.45) is 47.3 Å². The summed E-state index contributed by atoms with van der Waals surface area (Å²) in [6.07, 6.45) is 11.1. The molecule has 19 N–H and O–H groups in total. The standard InChI is InChI=1S/2C23H19N5O2.C21H19N5O.2C18H19FN4O2/c2*1-11-3-20-21(30-12(2)27-20)8-16(11)13-4-14-7-22(26-10-18(14)19(25)6-13)28-23(29)17-5-15(17)9-24;1-11-15(3-2-4-18(11)23)12-5-13-8-20(25-10-17(13)19(24)7-12)26-21(27)16-6-14(16)9-22;2*1-9-2-3-17(24)23(9)11-4-10-5-16(21-8-13(10)15(20)6-11)22-18(25)12-7-14(12)19/h2*3-4,6-8,10,15,17,27H,2,5,25H2,1H3,(H,26,28,29);2-5,7-8,10,14,16H,6,23-24H2,1H3,(H,25,26,27);2*4-6,8-9,12,14H,2-3,7,20H2,1H3,(H,21,22,25)/t2*15-,17+;14-,16+;9-,12-,14+;9-,12-,14-/m10111/s1. The Morgan fingerprint density at radius 1 is 0.409 bits per heavy atom. The van der Waals surface area contributed by atoms with Gasteiger partial charge in [0, 0.05) is 128 Å². The van der Waals surface area contributed by atoms with Crippen LogP contribution in [0, 0.1) is 102 Å². The molecule has 0 unspecified atom stereocenters. The predicted octanol–water partition coefficient (Wildman–Crippen LogP) is 17.1. The molecular formula is C103H95F2N23O9. The van der Waals surface area contributed by atoms with Crippen LogP contribution < -0.4 is 90.9 Å². The molecule has 0 radical (unpaired) electrons. The molecule has 9 heterocycles. The number of anilines is 15. The summed E-state index contributed by atoms with van der Waals surface area (Å²) in [6.45, 7) is 17.6. The lowest BCUT2D eigenvalue weighted by Gasteiger charge is -2.23. The van der Waals surface area contributed by atoms with Gasteiger partial charge >= 0.3 is 0 Å². The number of fused-ring (bicyclic) bond motifs is 7. The number of nitrogen functional groups attached to an aromatic ring is 6. The number of pyridine rings is 5. The van der Waals surface area contributed by atoms with Crippen LogP contribution in [0.5, 0.6) is 11.5 Å². The number of nitrogens with zero attached hydrogens (tertiary/aromatic N) is 10. The van der Waals surface area contributed by atoms with Crippen molar-refractivity contribution in [1.82, 2.24) is 24.9 Å². The first-order valence-electron chi connectivity index (χ1n) is 44.8. The largest absolute Gasteiger partial charge is 0.439 e. The Morgan fingerprint density at radius 3 is 1.00 bits per heavy atom. The summed E-state index contributed by atoms with van der Waals surface area (Å²) in [4.78, 5) is 110. The average molecular weight is 1840 g/mol. The fourth-order valence-electron chi connectivity index (χ4n) is 17.7. The van der Waals surface area contributed by atoms with Crippen molar-refractivity contribution >= 4 is 181 Å². The number of ether oxygens (including phenoxy) is 2. The molecule has 9 aliphatic rings. The number of carbonyl (C=O) groups excluding carboxylic acids is 7. The highest BCUT2D eigenvalue weighted by Crippen LogP contribution is 2.48. The molecule has 7 fully saturated rings. The summed E-state index contributed by atoms with van der Waals surface area (Å²) in [6, 6.07) is 48.3. The molecule has 32 nitrogen and oxygen atoms in total. The molecule has 12 atom stereocenters. The number of hydrogen-bond donors (Lipinski definition) is 13. The predicted molar refractivity (Wildman–Crippen MR) is 526 cm³/mol. The van der Waals surface area contributed by atoms with Gasteiger partial charge in [-0.2, -0.15) is 15.8 Å². The molecule has 0 spiro atoms. The van der Waals surface area contributed by atoms with E-state index >= 15 is 0 Å². The quantitative estimate of drug-likeness (QED) is 0.0424. The molecule has 2 saturated heterocycles. The van der Waals surface area contributed by atoms with Crippen LogP contribution >= 0.6 is 0 Å². The van der Waals surface area contributed by atoms with E-state index in [1.165, 1.54) is 0 Å². The highest BCUT2D eigenvalue weighted by molar-refractivity contribution is 6.08. The third kappa shape index (κ3) is 19.1. The van der Waals surface area contributed by atoms with Gasteiger partial charge in [-0.15, -0.1) is 0 Å². The fourth-order valence-corrected chi connectivity index (χ4v) is 17.7. The maximum atomic E-state index is 13.0. The van der Waals surface area contributed by atoms with E-state index in [0.717, 1.165) is 157 Å². The second-order valence-electron chi connectivity index (χ2n) is 36.1. The monoisotopic (exact) mass is 1840 g/mol. The molecule has 690 valence electrons. The van der Waals surface area contributed by atoms with Gasteiger partial charge in [0.05, 0.1) is 76.9 Å². The van der Waals surface area contributed by atoms with Gasteiger partial charge in [-0.1, -0.05) is 12.1 Å². The van der Waals surface area contributed by atoms with Crippen LogP contribution in [0.15, 0.2) is 189 Å². The van der Waals surface area contributed by atoms with Gasteiger partial charge < -0.3 is 90.9 Å². The van der Waals surface area contributed by atoms with Crippen molar-refractivity contribution in [1.29, 1.82) is 15.8 Å². The number of alkyl halides is 2. The highest BCUT2D eigenvalue weighted by Gasteiger charge is 2.47. The lowest BCUT2D eigenvalue weighted by molar-refractivity contribution is -0.118. The van der Waals surface area contributed by atoms with Crippen LogP contribution in [-0.2, 0) is 33.6 Å². The van der Waals surface area contributed by atoms with Crippen molar-refractivity contribution < 1.29 is 51.8 Å². The van der Waals surface area contributed by atoms with Crippen LogP contribution in [0.4, 0.5) is 94.7 Å². The normalized spacial score (nSPS) is 21.1. The first-order valence-corrected chi connectivity index (χ1v) is 44.8. The SMILES string of the molecule is C=C1Nc2cc(C)c(-c3cc(N)c4cnc(NC(=O)[C@@H]5C[C@H]5C#N)cc4c3)cc2O1.C=C1Nc2cc(C)c(-c3cc(N)c4cnc(NC(=O)[C@H]5C[C@@H]5C#N)cc4c3)cc2O1.C[C@@H]1CCC(=O)N1c1cc(N)c2cnc(NC(=O)[C@@H]3C[C@@H]3F)cc2c1.C[C@@H]1CCC(=O)N1c1cc(N)c2cnc(NC(=O)[C@@H]3C[C@H]3F)cc2c1.Cc1c(N)cccc1-c1cc(N)c2cnc(NC(=O)[C@H]3C[C@@H]3C#N)cc2c1. The van der Waals surface area contributed by atoms with Gasteiger partial charge in [-0.25, -0.2) is 33.7 Å². The summed E-state index contributed by atoms with van der Waals surface area (Å²) in [5.41, 5.74) is 53.0. The molecular weight excluding hydrogens is 1740 g/mol. The van der Waals surface area contributed by atoms with Gasteiger partial charge in [-0.05, 0) is 291 Å². The molecule has 5 saturated carbocycles. The Labute approximate surface area is 784 Å². The third-order valence-electron chi connectivity index (χ3n) is 26.1. The molecule has 4 aliphatic heterocycles. The van der Waals surface area contributed by atoms with E-state index in [1.54, 1.807) is 83.2 Å². The maximum absolute atomic E-state index is 13.0. The number of nitrogens with one attached hydrogen (secondary N) is 7. The van der Waals surface area contributed by atoms with Crippen LogP contribution in [0.25, 0.3) is 87.2 Å². The van der Waals surface area contributed by atoms with Gasteiger partial charge in [0.15, 0.2) is 23.3 Å². The molecule has 7 amide bonds. The topological polar surface area (TPSA) is 521 Å². The molecule has 22 rings (SSSR count). The van der Waals surface area contributed by atoms with E-state index in [4.69, 9.17) is 59.7 Å². The number of nitriles is 3. The minimum atomic E-state index is -1.05. The minimum absolute atomic E-state index is 0.0801. The Balaban J connectivity index is 0.000000114. The lowest BCUT2D eigenvalue weighted by Crippen LogP contribution is -2.30. The smallest absolute Gasteiger partial charge is 0.231 e.